The zero-order valence-electron chi connectivity index (χ0n) is 34.3. The predicted octanol–water partition coefficient (Wildman–Crippen LogP) is 0.441. The summed E-state index contributed by atoms with van der Waals surface area (Å²) in [4.78, 5) is 64.6. The number of Topliss-reactive ketones (excluding diaryl/α,β-unsaturated/α-hetero) is 1. The van der Waals surface area contributed by atoms with Crippen molar-refractivity contribution in [3.05, 3.63) is 0 Å². The Kier molecular flexibility index (Phi) is 32.1. The molecule has 53 heavy (non-hydrogen) atoms. The Morgan fingerprint density at radius 1 is 0.396 bits per heavy atom. The zero-order chi connectivity index (χ0) is 39.7. The third kappa shape index (κ3) is 25.9. The lowest BCUT2D eigenvalue weighted by Gasteiger charge is -2.25. The second-order valence-corrected chi connectivity index (χ2v) is 14.1. The molecule has 0 rings (SSSR count). The van der Waals surface area contributed by atoms with Gasteiger partial charge in [0, 0.05) is 25.6 Å². The van der Waals surface area contributed by atoms with Crippen LogP contribution in [-0.2, 0) is 24.0 Å². The highest BCUT2D eigenvalue weighted by Gasteiger charge is 2.27. The molecule has 5 atom stereocenters. The van der Waals surface area contributed by atoms with Gasteiger partial charge in [0.15, 0.2) is 0 Å². The van der Waals surface area contributed by atoms with Gasteiger partial charge in [-0.15, -0.1) is 0 Å². The molecule has 0 heterocycles. The molecular weight excluding hydrogens is 676 g/mol. The molecule has 5 unspecified atom stereocenters. The predicted molar refractivity (Wildman–Crippen MR) is 215 cm³/mol. The molecule has 0 saturated heterocycles. The average Bonchev–Trinajstić information content (AvgIpc) is 3.13. The number of amides is 4. The lowest BCUT2D eigenvalue weighted by Crippen LogP contribution is -2.54. The second-order valence-electron chi connectivity index (χ2n) is 14.1. The van der Waals surface area contributed by atoms with Crippen LogP contribution >= 0.6 is 0 Å². The SMILES string of the molecule is CNCCCCC(NC)C(=O)NCCCCC(CC(C)=O)NC(=O)C(CCCCNC(=O)C(CCCCNC)NC)NC(=O)C(CCCCNC)NC. The van der Waals surface area contributed by atoms with Crippen LogP contribution in [-0.4, -0.2) is 135 Å². The van der Waals surface area contributed by atoms with Crippen LogP contribution in [0.2, 0.25) is 0 Å². The Bertz CT molecular complexity index is 989. The maximum atomic E-state index is 13.7. The van der Waals surface area contributed by atoms with Crippen LogP contribution in [0.3, 0.4) is 0 Å². The molecule has 4 amide bonds. The molecular formula is C38H78N10O5. The Hall–Kier alpha value is -2.69. The molecule has 15 heteroatoms. The van der Waals surface area contributed by atoms with Gasteiger partial charge in [-0.3, -0.25) is 24.0 Å². The minimum absolute atomic E-state index is 0.0207. The first-order valence-electron chi connectivity index (χ1n) is 20.2. The van der Waals surface area contributed by atoms with Gasteiger partial charge in [0.05, 0.1) is 18.1 Å². The number of nitrogens with one attached hydrogen (secondary N) is 10. The number of carbonyl (C=O) groups excluding carboxylic acids is 5. The summed E-state index contributed by atoms with van der Waals surface area (Å²) in [6, 6.07) is -2.11. The first-order valence-corrected chi connectivity index (χ1v) is 20.2. The van der Waals surface area contributed by atoms with Crippen LogP contribution in [0.1, 0.15) is 110 Å². The van der Waals surface area contributed by atoms with Crippen LogP contribution in [0.5, 0.6) is 0 Å². The van der Waals surface area contributed by atoms with E-state index in [1.165, 1.54) is 6.92 Å². The molecule has 0 saturated carbocycles. The Balaban J connectivity index is 5.30. The monoisotopic (exact) mass is 755 g/mol. The number of unbranched alkanes of at least 4 members (excludes halogenated alkanes) is 5. The van der Waals surface area contributed by atoms with E-state index in [0.717, 1.165) is 71.0 Å². The van der Waals surface area contributed by atoms with Crippen LogP contribution in [0, 0.1) is 0 Å². The summed E-state index contributed by atoms with van der Waals surface area (Å²) in [6.45, 7) is 5.19. The molecule has 0 aliphatic heterocycles. The van der Waals surface area contributed by atoms with Crippen molar-refractivity contribution in [3.63, 3.8) is 0 Å². The second kappa shape index (κ2) is 33.8. The summed E-state index contributed by atoms with van der Waals surface area (Å²) in [5, 5.41) is 30.7. The van der Waals surface area contributed by atoms with E-state index in [0.29, 0.717) is 58.0 Å². The normalized spacial score (nSPS) is 14.1. The van der Waals surface area contributed by atoms with E-state index < -0.39 is 12.1 Å². The van der Waals surface area contributed by atoms with Crippen molar-refractivity contribution in [1.82, 2.24) is 53.2 Å². The highest BCUT2D eigenvalue weighted by Crippen LogP contribution is 2.10. The topological polar surface area (TPSA) is 206 Å². The number of ketones is 1. The Labute approximate surface area is 321 Å². The lowest BCUT2D eigenvalue weighted by molar-refractivity contribution is -0.131. The van der Waals surface area contributed by atoms with Crippen molar-refractivity contribution in [2.75, 3.05) is 75.0 Å². The van der Waals surface area contributed by atoms with Crippen molar-refractivity contribution in [1.29, 1.82) is 0 Å². The van der Waals surface area contributed by atoms with Crippen LogP contribution in [0.15, 0.2) is 0 Å². The highest BCUT2D eigenvalue weighted by atomic mass is 16.2. The van der Waals surface area contributed by atoms with E-state index in [4.69, 9.17) is 0 Å². The van der Waals surface area contributed by atoms with Crippen LogP contribution in [0.25, 0.3) is 0 Å². The van der Waals surface area contributed by atoms with Gasteiger partial charge in [0.1, 0.15) is 11.8 Å². The molecule has 10 N–H and O–H groups in total. The molecule has 0 aromatic rings. The average molecular weight is 755 g/mol. The smallest absolute Gasteiger partial charge is 0.242 e. The summed E-state index contributed by atoms with van der Waals surface area (Å²) in [7, 11) is 11.1. The Morgan fingerprint density at radius 3 is 1.11 bits per heavy atom. The van der Waals surface area contributed by atoms with Crippen molar-refractivity contribution in [2.24, 2.45) is 0 Å². The van der Waals surface area contributed by atoms with Gasteiger partial charge in [0.25, 0.3) is 0 Å². The molecule has 15 nitrogen and oxygen atoms in total. The van der Waals surface area contributed by atoms with Crippen molar-refractivity contribution < 1.29 is 24.0 Å². The van der Waals surface area contributed by atoms with Gasteiger partial charge < -0.3 is 53.2 Å². The summed E-state index contributed by atoms with van der Waals surface area (Å²) < 4.78 is 0. The van der Waals surface area contributed by atoms with Gasteiger partial charge in [-0.05, 0) is 146 Å². The van der Waals surface area contributed by atoms with E-state index in [-0.39, 0.29) is 54.0 Å². The van der Waals surface area contributed by atoms with E-state index in [2.05, 4.69) is 53.2 Å². The van der Waals surface area contributed by atoms with Gasteiger partial charge in [0.2, 0.25) is 23.6 Å². The van der Waals surface area contributed by atoms with Crippen LogP contribution in [0.4, 0.5) is 0 Å². The van der Waals surface area contributed by atoms with E-state index in [1.807, 2.05) is 21.1 Å². The first-order chi connectivity index (χ1) is 25.6. The molecule has 0 spiro atoms. The Morgan fingerprint density at radius 2 is 0.736 bits per heavy atom. The van der Waals surface area contributed by atoms with Gasteiger partial charge in [-0.1, -0.05) is 19.3 Å². The summed E-state index contributed by atoms with van der Waals surface area (Å²) >= 11 is 0. The molecule has 310 valence electrons. The van der Waals surface area contributed by atoms with Crippen molar-refractivity contribution in [2.45, 2.75) is 140 Å². The molecule has 0 aliphatic rings. The number of carbonyl (C=O) groups is 5. The van der Waals surface area contributed by atoms with E-state index >= 15 is 0 Å². The standard InChI is InChI=1S/C38H78N10O5/c1-29(49)28-30(18-8-16-26-45-35(50)31(42-5)19-9-13-23-39-2)47-38(53)34(48-37(52)33(44-7)21-11-15-25-41-4)22-12-17-27-46-36(51)32(43-6)20-10-14-24-40-3/h30-34,39-44H,8-28H2,1-7H3,(H,45,50)(H,46,51)(H,47,53)(H,48,52). The fourth-order valence-corrected chi connectivity index (χ4v) is 6.24. The quantitative estimate of drug-likeness (QED) is 0.0398. The summed E-state index contributed by atoms with van der Waals surface area (Å²) in [5.41, 5.74) is 0. The summed E-state index contributed by atoms with van der Waals surface area (Å²) in [5.74, 6) is -0.648. The van der Waals surface area contributed by atoms with E-state index in [1.54, 1.807) is 21.1 Å². The van der Waals surface area contributed by atoms with Crippen LogP contribution < -0.4 is 53.2 Å². The van der Waals surface area contributed by atoms with Crippen molar-refractivity contribution in [3.8, 4) is 0 Å². The van der Waals surface area contributed by atoms with Gasteiger partial charge in [-0.2, -0.15) is 0 Å². The third-order valence-corrected chi connectivity index (χ3v) is 9.51. The molecule has 0 fully saturated rings. The number of rotatable bonds is 36. The number of likely N-dealkylation sites (N-methyl/N-ethyl adjacent to an activating group) is 3. The van der Waals surface area contributed by atoms with Gasteiger partial charge in [-0.25, -0.2) is 0 Å². The molecule has 0 aliphatic carbocycles. The minimum atomic E-state index is -0.788. The minimum Gasteiger partial charge on any atom is -0.355 e. The lowest BCUT2D eigenvalue weighted by atomic mass is 10.0. The molecule has 0 radical (unpaired) electrons. The highest BCUT2D eigenvalue weighted by molar-refractivity contribution is 5.90. The summed E-state index contributed by atoms with van der Waals surface area (Å²) in [6.07, 6.45) is 11.7. The number of hydrogen-bond donors (Lipinski definition) is 10. The molecule has 0 aromatic carbocycles. The largest absolute Gasteiger partial charge is 0.355 e. The third-order valence-electron chi connectivity index (χ3n) is 9.51. The zero-order valence-corrected chi connectivity index (χ0v) is 34.3. The first kappa shape index (κ1) is 50.3. The molecule has 0 bridgehead atoms. The van der Waals surface area contributed by atoms with E-state index in [9.17, 15) is 24.0 Å². The maximum Gasteiger partial charge on any atom is 0.242 e. The maximum absolute atomic E-state index is 13.7. The fourth-order valence-electron chi connectivity index (χ4n) is 6.24. The fraction of sp³-hybridized carbons (Fsp3) is 0.868. The number of hydrogen-bond acceptors (Lipinski definition) is 11. The molecule has 0 aromatic heterocycles. The van der Waals surface area contributed by atoms with Gasteiger partial charge >= 0.3 is 0 Å². The van der Waals surface area contributed by atoms with Crippen molar-refractivity contribution >= 4 is 29.4 Å².